The third kappa shape index (κ3) is 2.76. The van der Waals surface area contributed by atoms with Gasteiger partial charge >= 0.3 is 6.03 Å². The fourth-order valence-corrected chi connectivity index (χ4v) is 5.16. The Morgan fingerprint density at radius 2 is 2.11 bits per heavy atom. The molecule has 0 bridgehead atoms. The van der Waals surface area contributed by atoms with Crippen LogP contribution in [0.25, 0.3) is 0 Å². The van der Waals surface area contributed by atoms with Crippen LogP contribution in [0.1, 0.15) is 18.0 Å². The second-order valence-corrected chi connectivity index (χ2v) is 8.01. The lowest BCUT2D eigenvalue weighted by Crippen LogP contribution is -2.50. The smallest absolute Gasteiger partial charge is 0.327 e. The number of aromatic nitrogens is 1. The molecule has 8 heteroatoms. The van der Waals surface area contributed by atoms with Crippen LogP contribution in [0.15, 0.2) is 47.6 Å². The largest absolute Gasteiger partial charge is 0.351 e. The van der Waals surface area contributed by atoms with E-state index in [1.165, 1.54) is 11.8 Å². The summed E-state index contributed by atoms with van der Waals surface area (Å²) in [6, 6.07) is 10.9. The fraction of sp³-hybridized carbons (Fsp3) is 0.316. The Kier molecular flexibility index (Phi) is 4.02. The third-order valence-electron chi connectivity index (χ3n) is 5.19. The standard InChI is InChI=1S/C19H19N5O2S/c25-17(22-11-6-8-20-10-11)16-15-14-13(7-9-21-18(14)27-16)24(19(26)23-15)12-4-2-1-3-5-12/h1-5,7,9,11,15-16,20H,6,8,10H2,(H,22,25)(H,23,26)/t11?,15?,16-/m1/s1. The molecule has 138 valence electrons. The lowest BCUT2D eigenvalue weighted by atomic mass is 9.99. The highest BCUT2D eigenvalue weighted by atomic mass is 32.2. The Labute approximate surface area is 160 Å². The summed E-state index contributed by atoms with van der Waals surface area (Å²) < 4.78 is 0. The van der Waals surface area contributed by atoms with Gasteiger partial charge in [-0.05, 0) is 31.2 Å². The normalized spacial score (nSPS) is 25.9. The number of carbonyl (C=O) groups excluding carboxylic acids is 2. The molecule has 1 aromatic carbocycles. The summed E-state index contributed by atoms with van der Waals surface area (Å²) in [5.74, 6) is -0.0453. The van der Waals surface area contributed by atoms with Gasteiger partial charge in [-0.2, -0.15) is 0 Å². The molecule has 0 aliphatic carbocycles. The number of hydrogen-bond donors (Lipinski definition) is 3. The molecule has 0 radical (unpaired) electrons. The Bertz CT molecular complexity index is 900. The van der Waals surface area contributed by atoms with Gasteiger partial charge in [-0.1, -0.05) is 30.0 Å². The molecule has 3 aliphatic heterocycles. The van der Waals surface area contributed by atoms with Crippen LogP contribution in [-0.4, -0.2) is 41.3 Å². The SMILES string of the molecule is O=C(NC1CCNC1)[C@@H]1Sc2nccc3c2C1NC(=O)N3c1ccccc1. The molecule has 2 aromatic rings. The highest BCUT2D eigenvalue weighted by Gasteiger charge is 2.46. The van der Waals surface area contributed by atoms with Gasteiger partial charge in [0.2, 0.25) is 5.91 Å². The van der Waals surface area contributed by atoms with Crippen molar-refractivity contribution in [1.82, 2.24) is 20.9 Å². The Morgan fingerprint density at radius 1 is 1.26 bits per heavy atom. The minimum atomic E-state index is -0.406. The maximum absolute atomic E-state index is 12.9. The summed E-state index contributed by atoms with van der Waals surface area (Å²) in [7, 11) is 0. The first-order chi connectivity index (χ1) is 13.2. The van der Waals surface area contributed by atoms with Gasteiger partial charge in [-0.15, -0.1) is 0 Å². The van der Waals surface area contributed by atoms with Crippen LogP contribution in [0.2, 0.25) is 0 Å². The number of nitrogens with zero attached hydrogens (tertiary/aromatic N) is 2. The first-order valence-corrected chi connectivity index (χ1v) is 9.92. The first-order valence-electron chi connectivity index (χ1n) is 9.05. The van der Waals surface area contributed by atoms with Crippen molar-refractivity contribution < 1.29 is 9.59 Å². The van der Waals surface area contributed by atoms with Crippen LogP contribution >= 0.6 is 11.8 Å². The lowest BCUT2D eigenvalue weighted by Gasteiger charge is -2.34. The van der Waals surface area contributed by atoms with Crippen molar-refractivity contribution in [3.8, 4) is 0 Å². The zero-order valence-electron chi connectivity index (χ0n) is 14.5. The van der Waals surface area contributed by atoms with E-state index in [0.29, 0.717) is 0 Å². The predicted octanol–water partition coefficient (Wildman–Crippen LogP) is 1.94. The highest BCUT2D eigenvalue weighted by Crippen LogP contribution is 2.50. The van der Waals surface area contributed by atoms with Crippen molar-refractivity contribution in [3.63, 3.8) is 0 Å². The van der Waals surface area contributed by atoms with E-state index in [1.807, 2.05) is 36.4 Å². The van der Waals surface area contributed by atoms with Crippen molar-refractivity contribution in [2.75, 3.05) is 18.0 Å². The van der Waals surface area contributed by atoms with Crippen molar-refractivity contribution in [2.24, 2.45) is 0 Å². The molecule has 3 atom stereocenters. The van der Waals surface area contributed by atoms with E-state index >= 15 is 0 Å². The van der Waals surface area contributed by atoms with E-state index in [4.69, 9.17) is 0 Å². The summed E-state index contributed by atoms with van der Waals surface area (Å²) in [6.45, 7) is 1.71. The average Bonchev–Trinajstić information content (AvgIpc) is 3.31. The zero-order valence-corrected chi connectivity index (χ0v) is 15.3. The van der Waals surface area contributed by atoms with Gasteiger partial charge in [0.1, 0.15) is 10.3 Å². The molecule has 3 amide bonds. The number of urea groups is 1. The average molecular weight is 381 g/mol. The quantitative estimate of drug-likeness (QED) is 0.756. The van der Waals surface area contributed by atoms with E-state index < -0.39 is 5.25 Å². The van der Waals surface area contributed by atoms with Crippen LogP contribution in [0, 0.1) is 0 Å². The minimum absolute atomic E-state index is 0.0453. The number of para-hydroxylation sites is 1. The number of nitrogens with one attached hydrogen (secondary N) is 3. The number of rotatable bonds is 3. The van der Waals surface area contributed by atoms with Gasteiger partial charge in [0.25, 0.3) is 0 Å². The van der Waals surface area contributed by atoms with Gasteiger partial charge in [-0.25, -0.2) is 9.78 Å². The highest BCUT2D eigenvalue weighted by molar-refractivity contribution is 8.01. The number of anilines is 2. The van der Waals surface area contributed by atoms with Crippen molar-refractivity contribution in [3.05, 3.63) is 48.2 Å². The first kappa shape index (κ1) is 16.6. The monoisotopic (exact) mass is 381 g/mol. The molecule has 3 N–H and O–H groups in total. The molecule has 0 spiro atoms. The molecule has 27 heavy (non-hydrogen) atoms. The number of benzene rings is 1. The maximum Gasteiger partial charge on any atom is 0.327 e. The Hall–Kier alpha value is -2.58. The molecule has 5 rings (SSSR count). The van der Waals surface area contributed by atoms with Gasteiger partial charge in [0.15, 0.2) is 0 Å². The fourth-order valence-electron chi connectivity index (χ4n) is 3.92. The van der Waals surface area contributed by atoms with E-state index in [2.05, 4.69) is 20.9 Å². The van der Waals surface area contributed by atoms with E-state index in [9.17, 15) is 9.59 Å². The molecule has 7 nitrogen and oxygen atoms in total. The number of thioether (sulfide) groups is 1. The minimum Gasteiger partial charge on any atom is -0.351 e. The summed E-state index contributed by atoms with van der Waals surface area (Å²) >= 11 is 1.43. The summed E-state index contributed by atoms with van der Waals surface area (Å²) in [5.41, 5.74) is 2.51. The van der Waals surface area contributed by atoms with Crippen LogP contribution in [-0.2, 0) is 4.79 Å². The number of hydrogen-bond acceptors (Lipinski definition) is 5. The zero-order chi connectivity index (χ0) is 18.4. The number of amides is 3. The van der Waals surface area contributed by atoms with Crippen molar-refractivity contribution in [1.29, 1.82) is 0 Å². The predicted molar refractivity (Wildman–Crippen MR) is 103 cm³/mol. The molecule has 1 saturated heterocycles. The van der Waals surface area contributed by atoms with Gasteiger partial charge in [0, 0.05) is 24.3 Å². The molecular weight excluding hydrogens is 362 g/mol. The molecule has 4 heterocycles. The van der Waals surface area contributed by atoms with Crippen LogP contribution in [0.5, 0.6) is 0 Å². The summed E-state index contributed by atoms with van der Waals surface area (Å²) in [5, 5.41) is 9.79. The second kappa shape index (κ2) is 6.54. The van der Waals surface area contributed by atoms with Crippen LogP contribution in [0.4, 0.5) is 16.2 Å². The summed E-state index contributed by atoms with van der Waals surface area (Å²) in [4.78, 5) is 31.9. The molecule has 1 fully saturated rings. The van der Waals surface area contributed by atoms with Crippen LogP contribution < -0.4 is 20.9 Å². The molecular formula is C19H19N5O2S. The Balaban J connectivity index is 1.49. The second-order valence-electron chi connectivity index (χ2n) is 6.88. The van der Waals surface area contributed by atoms with Gasteiger partial charge < -0.3 is 16.0 Å². The van der Waals surface area contributed by atoms with Crippen LogP contribution in [0.3, 0.4) is 0 Å². The van der Waals surface area contributed by atoms with Gasteiger partial charge in [0.05, 0.1) is 17.4 Å². The topological polar surface area (TPSA) is 86.4 Å². The van der Waals surface area contributed by atoms with Crippen molar-refractivity contribution >= 4 is 35.1 Å². The van der Waals surface area contributed by atoms with E-state index in [1.54, 1.807) is 11.1 Å². The maximum atomic E-state index is 12.9. The number of carbonyl (C=O) groups is 2. The molecule has 1 aromatic heterocycles. The van der Waals surface area contributed by atoms with E-state index in [0.717, 1.165) is 41.5 Å². The summed E-state index contributed by atoms with van der Waals surface area (Å²) in [6.07, 6.45) is 2.63. The lowest BCUT2D eigenvalue weighted by molar-refractivity contribution is -0.121. The molecule has 2 unspecified atom stereocenters. The van der Waals surface area contributed by atoms with Crippen molar-refractivity contribution in [2.45, 2.75) is 28.8 Å². The Morgan fingerprint density at radius 3 is 2.89 bits per heavy atom. The molecule has 3 aliphatic rings. The van der Waals surface area contributed by atoms with E-state index in [-0.39, 0.29) is 24.0 Å². The van der Waals surface area contributed by atoms with Gasteiger partial charge in [-0.3, -0.25) is 9.69 Å². The molecule has 0 saturated carbocycles. The third-order valence-corrected chi connectivity index (χ3v) is 6.47. The number of pyridine rings is 1.